The third-order valence-corrected chi connectivity index (χ3v) is 16.1. The first kappa shape index (κ1) is 52.6. The number of esters is 1. The fourth-order valence-electron chi connectivity index (χ4n) is 7.98. The molecule has 3 saturated heterocycles. The summed E-state index contributed by atoms with van der Waals surface area (Å²) in [6.45, 7) is 10.8. The van der Waals surface area contributed by atoms with Crippen LogP contribution >= 0.6 is 33.2 Å². The van der Waals surface area contributed by atoms with Crippen LogP contribution < -0.4 is 15.0 Å². The van der Waals surface area contributed by atoms with Crippen molar-refractivity contribution in [1.82, 2.24) is 15.3 Å². The zero-order chi connectivity index (χ0) is 48.9. The maximum Gasteiger partial charge on any atom is 0.409 e. The van der Waals surface area contributed by atoms with E-state index >= 15 is 0 Å². The highest BCUT2D eigenvalue weighted by molar-refractivity contribution is 8.77. The minimum absolute atomic E-state index is 0.00912. The molecule has 8 atom stereocenters. The van der Waals surface area contributed by atoms with E-state index in [2.05, 4.69) is 5.32 Å². The van der Waals surface area contributed by atoms with Crippen LogP contribution in [0.15, 0.2) is 35.9 Å². The number of hydrogen-bond donors (Lipinski definition) is 2. The molecule has 0 saturated carbocycles. The Hall–Kier alpha value is -4.34. The van der Waals surface area contributed by atoms with E-state index < -0.39 is 88.2 Å². The quantitative estimate of drug-likeness (QED) is 0.0778. The predicted octanol–water partition coefficient (Wildman–Crippen LogP) is 5.45. The molecule has 18 nitrogen and oxygen atoms in total. The van der Waals surface area contributed by atoms with Gasteiger partial charge in [-0.05, 0) is 65.2 Å². The number of aliphatic hydroxyl groups is 1. The highest BCUT2D eigenvalue weighted by Gasteiger charge is 2.64. The SMILES string of the molecule is COc1cc2cc(c1Cl)N(C)C(=O)C[C@H](OC(=O)[C@H](C)N(C)C(=O)CCC(C)(C)SSCCC(=O)ON1C(=O)CCC1=O)[C@]1(C)O[C@H]1[C@H](C)C1C[C@@](O)(NC(=O)O1)[C@H](OC)/C=C\C=C(\C)C2. The smallest absolute Gasteiger partial charge is 0.409 e. The zero-order valence-electron chi connectivity index (χ0n) is 39.0. The number of imide groups is 1. The fraction of sp³-hybridized carbons (Fsp3) is 0.622. The molecule has 66 heavy (non-hydrogen) atoms. The number of allylic oxidation sites excluding steroid dienone is 3. The van der Waals surface area contributed by atoms with Gasteiger partial charge in [-0.25, -0.2) is 14.4 Å². The second-order valence-corrected chi connectivity index (χ2v) is 21.4. The number of likely N-dealkylation sites (N-methyl/N-ethyl adjacent to an activating group) is 1. The monoisotopic (exact) mass is 980 g/mol. The average Bonchev–Trinajstić information content (AvgIpc) is 3.87. The number of ether oxygens (including phenoxy) is 5. The summed E-state index contributed by atoms with van der Waals surface area (Å²) in [5.41, 5.74) is -1.11. The number of alkyl carbamates (subject to hydrolysis) is 1. The Morgan fingerprint density at radius 1 is 1.11 bits per heavy atom. The van der Waals surface area contributed by atoms with Gasteiger partial charge in [-0.3, -0.25) is 24.5 Å². The van der Waals surface area contributed by atoms with Gasteiger partial charge in [0.1, 0.15) is 40.7 Å². The molecule has 4 aliphatic heterocycles. The van der Waals surface area contributed by atoms with Gasteiger partial charge < -0.3 is 43.4 Å². The van der Waals surface area contributed by atoms with Crippen LogP contribution in [0.5, 0.6) is 5.75 Å². The molecule has 2 N–H and O–H groups in total. The number of amides is 5. The van der Waals surface area contributed by atoms with Gasteiger partial charge in [-0.1, -0.05) is 63.9 Å². The van der Waals surface area contributed by atoms with E-state index in [0.717, 1.165) is 11.1 Å². The average molecular weight is 982 g/mol. The third kappa shape index (κ3) is 12.6. The van der Waals surface area contributed by atoms with Crippen molar-refractivity contribution in [1.29, 1.82) is 0 Å². The van der Waals surface area contributed by atoms with E-state index in [1.807, 2.05) is 26.8 Å². The molecule has 0 aliphatic carbocycles. The summed E-state index contributed by atoms with van der Waals surface area (Å²) in [7, 11) is 8.78. The molecule has 3 fully saturated rings. The zero-order valence-corrected chi connectivity index (χ0v) is 41.4. The molecule has 1 unspecified atom stereocenters. The maximum atomic E-state index is 14.3. The van der Waals surface area contributed by atoms with E-state index in [1.165, 1.54) is 59.6 Å². The van der Waals surface area contributed by atoms with Crippen LogP contribution in [-0.2, 0) is 59.0 Å². The van der Waals surface area contributed by atoms with Crippen molar-refractivity contribution in [3.63, 3.8) is 0 Å². The van der Waals surface area contributed by atoms with Gasteiger partial charge in [0.25, 0.3) is 11.8 Å². The minimum atomic E-state index is -1.87. The molecule has 0 aromatic heterocycles. The van der Waals surface area contributed by atoms with Gasteiger partial charge in [0.15, 0.2) is 5.72 Å². The molecular formula is C45H61ClN4O14S2. The van der Waals surface area contributed by atoms with Gasteiger partial charge in [-0.2, -0.15) is 0 Å². The summed E-state index contributed by atoms with van der Waals surface area (Å²) < 4.78 is 29.0. The van der Waals surface area contributed by atoms with Crippen LogP contribution in [0.3, 0.4) is 0 Å². The fourth-order valence-corrected chi connectivity index (χ4v) is 10.8. The van der Waals surface area contributed by atoms with Crippen LogP contribution in [0.2, 0.25) is 5.02 Å². The van der Waals surface area contributed by atoms with Crippen LogP contribution in [0.25, 0.3) is 0 Å². The summed E-state index contributed by atoms with van der Waals surface area (Å²) in [6, 6.07) is 2.46. The first-order valence-corrected chi connectivity index (χ1v) is 24.3. The minimum Gasteiger partial charge on any atom is -0.495 e. The Bertz CT molecular complexity index is 2110. The van der Waals surface area contributed by atoms with Crippen molar-refractivity contribution >= 4 is 80.5 Å². The Kier molecular flexibility index (Phi) is 17.3. The van der Waals surface area contributed by atoms with E-state index in [9.17, 15) is 38.7 Å². The second-order valence-electron chi connectivity index (χ2n) is 17.9. The Morgan fingerprint density at radius 2 is 1.79 bits per heavy atom. The Balaban J connectivity index is 1.31. The number of anilines is 1. The number of carbonyl (C=O) groups is 7. The number of nitrogens with one attached hydrogen (secondary N) is 1. The number of methoxy groups -OCH3 is 2. The van der Waals surface area contributed by atoms with Crippen molar-refractivity contribution in [3.05, 3.63) is 46.5 Å². The van der Waals surface area contributed by atoms with Gasteiger partial charge in [0.2, 0.25) is 11.8 Å². The number of fused-ring (bicyclic) bond motifs is 5. The summed E-state index contributed by atoms with van der Waals surface area (Å²) in [5, 5.41) is 15.0. The largest absolute Gasteiger partial charge is 0.495 e. The van der Waals surface area contributed by atoms with Gasteiger partial charge >= 0.3 is 18.0 Å². The lowest BCUT2D eigenvalue weighted by Gasteiger charge is -2.42. The van der Waals surface area contributed by atoms with Crippen LogP contribution in [0, 0.1) is 5.92 Å². The summed E-state index contributed by atoms with van der Waals surface area (Å²) >= 11 is 6.80. The topological polar surface area (TPSA) is 220 Å². The molecule has 21 heteroatoms. The molecule has 1 aromatic rings. The highest BCUT2D eigenvalue weighted by Crippen LogP contribution is 2.49. The molecule has 1 aromatic carbocycles. The standard InChI is InChI=1S/C45H61ClN4O14S2/c1-25-12-11-13-32(60-10)45(58)24-31(61-42(57)47-45)26(2)40-44(6,63-40)33(23-37(54)49(8)29-21-28(20-25)22-30(59-9)39(29)46)62-41(56)27(3)48(7)34(51)16-18-43(4,5)66-65-19-17-38(55)64-50-35(52)14-15-36(50)53/h11-13,21-22,26-27,31-33,40,58H,14-20,23-24H2,1-10H3,(H,47,57)/b13-11-,25-12-/t26-,27+,31?,32-,33+,40+,44+,45+/m1/s1. The summed E-state index contributed by atoms with van der Waals surface area (Å²) in [5.74, 6) is -3.29. The van der Waals surface area contributed by atoms with Crippen molar-refractivity contribution in [2.24, 2.45) is 5.92 Å². The molecule has 5 amide bonds. The van der Waals surface area contributed by atoms with E-state index in [0.29, 0.717) is 35.1 Å². The van der Waals surface area contributed by atoms with Crippen molar-refractivity contribution in [3.8, 4) is 5.75 Å². The number of hydrogen-bond acceptors (Lipinski definition) is 16. The van der Waals surface area contributed by atoms with E-state index in [1.54, 1.807) is 45.2 Å². The van der Waals surface area contributed by atoms with Crippen molar-refractivity contribution in [2.75, 3.05) is 39.0 Å². The second kappa shape index (κ2) is 21.7. The molecule has 364 valence electrons. The summed E-state index contributed by atoms with van der Waals surface area (Å²) in [4.78, 5) is 98.1. The van der Waals surface area contributed by atoms with E-state index in [4.69, 9.17) is 40.1 Å². The number of carbonyl (C=O) groups excluding carboxylic acids is 7. The van der Waals surface area contributed by atoms with Gasteiger partial charge in [0, 0.05) is 63.3 Å². The van der Waals surface area contributed by atoms with Gasteiger partial charge in [-0.15, -0.1) is 5.06 Å². The molecular weight excluding hydrogens is 920 g/mol. The normalized spacial score (nSPS) is 28.8. The lowest BCUT2D eigenvalue weighted by molar-refractivity contribution is -0.197. The first-order valence-electron chi connectivity index (χ1n) is 21.7. The highest BCUT2D eigenvalue weighted by atomic mass is 35.5. The number of halogens is 1. The summed E-state index contributed by atoms with van der Waals surface area (Å²) in [6.07, 6.45) is 0.994. The Labute approximate surface area is 398 Å². The molecule has 4 heterocycles. The lowest BCUT2D eigenvalue weighted by atomic mass is 9.83. The predicted molar refractivity (Wildman–Crippen MR) is 246 cm³/mol. The van der Waals surface area contributed by atoms with Crippen molar-refractivity contribution < 1.29 is 67.2 Å². The molecule has 0 radical (unpaired) electrons. The van der Waals surface area contributed by atoms with E-state index in [-0.39, 0.29) is 49.5 Å². The van der Waals surface area contributed by atoms with Crippen LogP contribution in [0.1, 0.15) is 92.1 Å². The molecule has 0 spiro atoms. The number of hydroxylamine groups is 2. The van der Waals surface area contributed by atoms with Crippen LogP contribution in [-0.4, -0.2) is 137 Å². The molecule has 5 rings (SSSR count). The third-order valence-electron chi connectivity index (χ3n) is 12.3. The van der Waals surface area contributed by atoms with Crippen LogP contribution in [0.4, 0.5) is 10.5 Å². The number of nitrogens with zero attached hydrogens (tertiary/aromatic N) is 3. The van der Waals surface area contributed by atoms with Gasteiger partial charge in [0.05, 0.1) is 31.7 Å². The number of benzene rings is 1. The molecule has 4 bridgehead atoms. The number of rotatable bonds is 14. The lowest BCUT2D eigenvalue weighted by Crippen LogP contribution is -2.63. The number of epoxide rings is 1. The maximum absolute atomic E-state index is 14.3. The first-order chi connectivity index (χ1) is 30.9. The molecule has 4 aliphatic rings. The van der Waals surface area contributed by atoms with Crippen molar-refractivity contribution in [2.45, 2.75) is 139 Å². The Morgan fingerprint density at radius 3 is 2.44 bits per heavy atom.